The first-order chi connectivity index (χ1) is 16.2. The van der Waals surface area contributed by atoms with Crippen LogP contribution in [0.1, 0.15) is 45.7 Å². The van der Waals surface area contributed by atoms with Crippen LogP contribution in [-0.4, -0.2) is 38.0 Å². The lowest BCUT2D eigenvalue weighted by molar-refractivity contribution is -0.137. The van der Waals surface area contributed by atoms with Gasteiger partial charge in [0.15, 0.2) is 0 Å². The minimum atomic E-state index is -0.822. The van der Waals surface area contributed by atoms with Crippen LogP contribution >= 0.6 is 15.9 Å². The molecule has 1 unspecified atom stereocenters. The van der Waals surface area contributed by atoms with Crippen molar-refractivity contribution in [3.05, 3.63) is 92.5 Å². The molecule has 4 rings (SSSR count). The van der Waals surface area contributed by atoms with Gasteiger partial charge in [-0.15, -0.1) is 5.10 Å². The van der Waals surface area contributed by atoms with E-state index in [-0.39, 0.29) is 12.3 Å². The van der Waals surface area contributed by atoms with Crippen LogP contribution in [0.5, 0.6) is 0 Å². The van der Waals surface area contributed by atoms with E-state index in [1.165, 1.54) is 16.7 Å². The molecule has 1 aromatic heterocycles. The first kappa shape index (κ1) is 24.1. The molecule has 0 aliphatic rings. The highest BCUT2D eigenvalue weighted by Crippen LogP contribution is 2.34. The van der Waals surface area contributed by atoms with E-state index in [2.05, 4.69) is 75.4 Å². The van der Waals surface area contributed by atoms with E-state index in [0.717, 1.165) is 45.3 Å². The molecule has 7 heteroatoms. The van der Waals surface area contributed by atoms with Gasteiger partial charge in [-0.2, -0.15) is 0 Å². The van der Waals surface area contributed by atoms with Crippen LogP contribution in [0.15, 0.2) is 59.1 Å². The molecule has 6 nitrogen and oxygen atoms in total. The van der Waals surface area contributed by atoms with Crippen LogP contribution in [0.25, 0.3) is 11.0 Å². The largest absolute Gasteiger partial charge is 0.481 e. The average molecular weight is 521 g/mol. The fourth-order valence-electron chi connectivity index (χ4n) is 4.58. The van der Waals surface area contributed by atoms with E-state index in [0.29, 0.717) is 0 Å². The van der Waals surface area contributed by atoms with Crippen molar-refractivity contribution >= 4 is 32.9 Å². The Morgan fingerprint density at radius 3 is 2.65 bits per heavy atom. The molecule has 0 amide bonds. The second-order valence-electron chi connectivity index (χ2n) is 9.00. The number of carboxylic acids is 1. The molecule has 0 radical (unpaired) electrons. The lowest BCUT2D eigenvalue weighted by Gasteiger charge is -2.22. The summed E-state index contributed by atoms with van der Waals surface area (Å²) in [6, 6.07) is 18.7. The standard InChI is InChI=1S/C27H29BrN4O2/c1-17-8-9-20(13-21(17)16-31(3)15-19-6-5-7-22(28)12-19)24(14-26(33)34)23-10-11-25-27(18(23)2)29-30-32(25)4/h5-13,24H,14-16H2,1-4H3,(H,33,34). The highest BCUT2D eigenvalue weighted by atomic mass is 79.9. The van der Waals surface area contributed by atoms with Crippen LogP contribution in [0.4, 0.5) is 0 Å². The summed E-state index contributed by atoms with van der Waals surface area (Å²) >= 11 is 3.54. The zero-order valence-electron chi connectivity index (χ0n) is 19.9. The molecule has 1 heterocycles. The lowest BCUT2D eigenvalue weighted by atomic mass is 9.84. The van der Waals surface area contributed by atoms with Gasteiger partial charge in [0, 0.05) is 30.5 Å². The molecule has 0 spiro atoms. The third-order valence-corrected chi connectivity index (χ3v) is 6.88. The maximum Gasteiger partial charge on any atom is 0.304 e. The van der Waals surface area contributed by atoms with Crippen molar-refractivity contribution in [3.8, 4) is 0 Å². The maximum absolute atomic E-state index is 11.9. The summed E-state index contributed by atoms with van der Waals surface area (Å²) < 4.78 is 2.81. The number of nitrogens with zero attached hydrogens (tertiary/aromatic N) is 4. The Morgan fingerprint density at radius 2 is 1.91 bits per heavy atom. The predicted octanol–water partition coefficient (Wildman–Crippen LogP) is 5.59. The van der Waals surface area contributed by atoms with E-state index in [1.807, 2.05) is 38.2 Å². The quantitative estimate of drug-likeness (QED) is 0.328. The number of aromatic nitrogens is 3. The smallest absolute Gasteiger partial charge is 0.304 e. The second-order valence-corrected chi connectivity index (χ2v) is 9.91. The summed E-state index contributed by atoms with van der Waals surface area (Å²) in [4.78, 5) is 14.1. The number of aliphatic carboxylic acids is 1. The molecule has 0 saturated carbocycles. The Morgan fingerprint density at radius 1 is 1.12 bits per heavy atom. The van der Waals surface area contributed by atoms with Crippen molar-refractivity contribution in [1.29, 1.82) is 0 Å². The first-order valence-corrected chi connectivity index (χ1v) is 12.1. The third kappa shape index (κ3) is 5.21. The molecule has 1 N–H and O–H groups in total. The summed E-state index contributed by atoms with van der Waals surface area (Å²) in [6.45, 7) is 5.70. The molecular formula is C27H29BrN4O2. The Bertz CT molecular complexity index is 1350. The van der Waals surface area contributed by atoms with E-state index >= 15 is 0 Å². The number of rotatable bonds is 8. The van der Waals surface area contributed by atoms with Crippen molar-refractivity contribution in [2.24, 2.45) is 7.05 Å². The van der Waals surface area contributed by atoms with Crippen molar-refractivity contribution in [2.45, 2.75) is 39.3 Å². The minimum Gasteiger partial charge on any atom is -0.481 e. The second kappa shape index (κ2) is 10.1. The normalized spacial score (nSPS) is 12.4. The fraction of sp³-hybridized carbons (Fsp3) is 0.296. The van der Waals surface area contributed by atoms with E-state index < -0.39 is 5.97 Å². The number of benzene rings is 3. The van der Waals surface area contributed by atoms with Gasteiger partial charge < -0.3 is 5.11 Å². The van der Waals surface area contributed by atoms with Gasteiger partial charge in [-0.05, 0) is 72.5 Å². The van der Waals surface area contributed by atoms with Crippen molar-refractivity contribution in [1.82, 2.24) is 19.9 Å². The van der Waals surface area contributed by atoms with Crippen LogP contribution in [0.2, 0.25) is 0 Å². The van der Waals surface area contributed by atoms with Crippen LogP contribution in [0.3, 0.4) is 0 Å². The molecule has 176 valence electrons. The van der Waals surface area contributed by atoms with Crippen LogP contribution in [-0.2, 0) is 24.9 Å². The van der Waals surface area contributed by atoms with Gasteiger partial charge in [-0.1, -0.05) is 57.5 Å². The van der Waals surface area contributed by atoms with Gasteiger partial charge in [0.25, 0.3) is 0 Å². The summed E-state index contributed by atoms with van der Waals surface area (Å²) in [6.07, 6.45) is 0.0169. The van der Waals surface area contributed by atoms with Gasteiger partial charge in [-0.25, -0.2) is 4.68 Å². The third-order valence-electron chi connectivity index (χ3n) is 6.39. The zero-order chi connectivity index (χ0) is 24.4. The number of fused-ring (bicyclic) bond motifs is 1. The number of hydrogen-bond donors (Lipinski definition) is 1. The zero-order valence-corrected chi connectivity index (χ0v) is 21.5. The molecule has 0 fully saturated rings. The number of hydrogen-bond acceptors (Lipinski definition) is 4. The van der Waals surface area contributed by atoms with Gasteiger partial charge in [-0.3, -0.25) is 9.69 Å². The molecule has 0 bridgehead atoms. The number of halogens is 1. The highest BCUT2D eigenvalue weighted by Gasteiger charge is 2.23. The Labute approximate surface area is 208 Å². The van der Waals surface area contributed by atoms with Crippen LogP contribution < -0.4 is 0 Å². The summed E-state index contributed by atoms with van der Waals surface area (Å²) in [5.74, 6) is -1.09. The first-order valence-electron chi connectivity index (χ1n) is 11.3. The van der Waals surface area contributed by atoms with E-state index in [4.69, 9.17) is 0 Å². The average Bonchev–Trinajstić information content (AvgIpc) is 3.16. The molecule has 34 heavy (non-hydrogen) atoms. The Balaban J connectivity index is 1.66. The topological polar surface area (TPSA) is 71.2 Å². The Hall–Kier alpha value is -3.03. The molecule has 0 saturated heterocycles. The predicted molar refractivity (Wildman–Crippen MR) is 138 cm³/mol. The summed E-state index contributed by atoms with van der Waals surface area (Å²) in [7, 11) is 3.97. The molecule has 4 aromatic rings. The monoisotopic (exact) mass is 520 g/mol. The fourth-order valence-corrected chi connectivity index (χ4v) is 5.03. The molecule has 0 aliphatic carbocycles. The highest BCUT2D eigenvalue weighted by molar-refractivity contribution is 9.10. The van der Waals surface area contributed by atoms with Gasteiger partial charge in [0.05, 0.1) is 11.9 Å². The van der Waals surface area contributed by atoms with Crippen molar-refractivity contribution < 1.29 is 9.90 Å². The molecule has 1 atom stereocenters. The van der Waals surface area contributed by atoms with Gasteiger partial charge in [0.1, 0.15) is 5.52 Å². The van der Waals surface area contributed by atoms with Crippen LogP contribution in [0, 0.1) is 13.8 Å². The minimum absolute atomic E-state index is 0.0169. The number of aryl methyl sites for hydroxylation is 3. The maximum atomic E-state index is 11.9. The summed E-state index contributed by atoms with van der Waals surface area (Å²) in [5.41, 5.74) is 8.35. The molecule has 0 aliphatic heterocycles. The molecule has 3 aromatic carbocycles. The van der Waals surface area contributed by atoms with Crippen molar-refractivity contribution in [2.75, 3.05) is 7.05 Å². The van der Waals surface area contributed by atoms with Gasteiger partial charge in [0.2, 0.25) is 0 Å². The number of carbonyl (C=O) groups is 1. The van der Waals surface area contributed by atoms with Crippen molar-refractivity contribution in [3.63, 3.8) is 0 Å². The number of carboxylic acid groups (broad SMARTS) is 1. The molecular weight excluding hydrogens is 492 g/mol. The van der Waals surface area contributed by atoms with E-state index in [9.17, 15) is 9.90 Å². The summed E-state index contributed by atoms with van der Waals surface area (Å²) in [5, 5.41) is 18.2. The van der Waals surface area contributed by atoms with Gasteiger partial charge >= 0.3 is 5.97 Å². The lowest BCUT2D eigenvalue weighted by Crippen LogP contribution is -2.18. The SMILES string of the molecule is Cc1ccc(C(CC(=O)O)c2ccc3c(nnn3C)c2C)cc1CN(C)Cc1cccc(Br)c1. The van der Waals surface area contributed by atoms with E-state index in [1.54, 1.807) is 4.68 Å². The Kier molecular flexibility index (Phi) is 7.14.